The molecule has 1 N–H and O–H groups in total. The van der Waals surface area contributed by atoms with Crippen LogP contribution in [0.5, 0.6) is 0 Å². The molecule has 0 aliphatic carbocycles. The number of carbonyl (C=O) groups excluding carboxylic acids is 2. The summed E-state index contributed by atoms with van der Waals surface area (Å²) in [5, 5.41) is 0. The smallest absolute Gasteiger partial charge is 0.296 e. The van der Waals surface area contributed by atoms with Crippen molar-refractivity contribution in [1.82, 2.24) is 9.95 Å². The SMILES string of the molecule is CCOC(OCC)C(=O)NN(Cl)C(=O)c1ccccc1. The van der Waals surface area contributed by atoms with Gasteiger partial charge < -0.3 is 9.47 Å². The van der Waals surface area contributed by atoms with Crippen LogP contribution in [0.3, 0.4) is 0 Å². The van der Waals surface area contributed by atoms with Crippen LogP contribution in [0, 0.1) is 0 Å². The average Bonchev–Trinajstić information content (AvgIpc) is 2.47. The highest BCUT2D eigenvalue weighted by Crippen LogP contribution is 2.05. The molecule has 6 nitrogen and oxygen atoms in total. The summed E-state index contributed by atoms with van der Waals surface area (Å²) in [6.07, 6.45) is -1.10. The molecule has 1 rings (SSSR count). The lowest BCUT2D eigenvalue weighted by Crippen LogP contribution is -2.46. The molecule has 0 heterocycles. The monoisotopic (exact) mass is 300 g/mol. The van der Waals surface area contributed by atoms with Gasteiger partial charge in [0, 0.05) is 30.6 Å². The highest BCUT2D eigenvalue weighted by atomic mass is 35.5. The van der Waals surface area contributed by atoms with Gasteiger partial charge in [-0.25, -0.2) is 5.43 Å². The van der Waals surface area contributed by atoms with Crippen LogP contribution in [0.4, 0.5) is 0 Å². The van der Waals surface area contributed by atoms with E-state index in [0.29, 0.717) is 23.3 Å². The molecule has 110 valence electrons. The number of rotatable bonds is 6. The molecule has 0 spiro atoms. The first-order chi connectivity index (χ1) is 9.60. The second-order valence-corrected chi connectivity index (χ2v) is 4.01. The molecule has 0 saturated heterocycles. The van der Waals surface area contributed by atoms with Crippen LogP contribution >= 0.6 is 11.8 Å². The van der Waals surface area contributed by atoms with E-state index in [1.807, 2.05) is 0 Å². The Kier molecular flexibility index (Phi) is 7.00. The zero-order chi connectivity index (χ0) is 15.0. The molecule has 1 aromatic carbocycles. The van der Waals surface area contributed by atoms with Gasteiger partial charge in [0.05, 0.1) is 0 Å². The van der Waals surface area contributed by atoms with Gasteiger partial charge in [-0.15, -0.1) is 0 Å². The molecule has 0 unspecified atom stereocenters. The molecule has 0 aliphatic heterocycles. The molecule has 0 aromatic heterocycles. The maximum Gasteiger partial charge on any atom is 0.296 e. The van der Waals surface area contributed by atoms with E-state index >= 15 is 0 Å². The Bertz CT molecular complexity index is 435. The van der Waals surface area contributed by atoms with Crippen molar-refractivity contribution in [1.29, 1.82) is 0 Å². The number of hydrogen-bond donors (Lipinski definition) is 1. The number of benzene rings is 1. The number of halogens is 1. The zero-order valence-electron chi connectivity index (χ0n) is 11.3. The lowest BCUT2D eigenvalue weighted by Gasteiger charge is -2.20. The summed E-state index contributed by atoms with van der Waals surface area (Å²) in [5.41, 5.74) is 2.56. The number of ether oxygens (including phenoxy) is 2. The first-order valence-corrected chi connectivity index (χ1v) is 6.52. The van der Waals surface area contributed by atoms with E-state index in [-0.39, 0.29) is 0 Å². The average molecular weight is 301 g/mol. The van der Waals surface area contributed by atoms with Gasteiger partial charge >= 0.3 is 0 Å². The topological polar surface area (TPSA) is 67.9 Å². The van der Waals surface area contributed by atoms with Crippen molar-refractivity contribution >= 4 is 23.6 Å². The van der Waals surface area contributed by atoms with E-state index in [1.54, 1.807) is 44.2 Å². The van der Waals surface area contributed by atoms with E-state index in [0.717, 1.165) is 0 Å². The number of nitrogens with zero attached hydrogens (tertiary/aromatic N) is 1. The predicted octanol–water partition coefficient (Wildman–Crippen LogP) is 1.71. The summed E-state index contributed by atoms with van der Waals surface area (Å²) < 4.78 is 10.8. The van der Waals surface area contributed by atoms with Crippen molar-refractivity contribution in [2.75, 3.05) is 13.2 Å². The Balaban J connectivity index is 2.62. The van der Waals surface area contributed by atoms with E-state index < -0.39 is 18.1 Å². The maximum atomic E-state index is 11.9. The quantitative estimate of drug-likeness (QED) is 0.493. The van der Waals surface area contributed by atoms with Gasteiger partial charge in [-0.1, -0.05) is 18.2 Å². The van der Waals surface area contributed by atoms with E-state index in [2.05, 4.69) is 5.43 Å². The molecule has 1 aromatic rings. The van der Waals surface area contributed by atoms with E-state index in [1.165, 1.54) is 0 Å². The fraction of sp³-hybridized carbons (Fsp3) is 0.385. The Morgan fingerprint density at radius 1 is 1.20 bits per heavy atom. The molecule has 0 saturated carbocycles. The minimum Gasteiger partial charge on any atom is -0.345 e. The largest absolute Gasteiger partial charge is 0.345 e. The van der Waals surface area contributed by atoms with Gasteiger partial charge in [-0.05, 0) is 26.0 Å². The molecular formula is C13H17ClN2O4. The molecule has 2 amide bonds. The molecule has 0 radical (unpaired) electrons. The number of carbonyl (C=O) groups is 2. The minimum atomic E-state index is -1.10. The van der Waals surface area contributed by atoms with Gasteiger partial charge in [0.2, 0.25) is 6.29 Å². The van der Waals surface area contributed by atoms with E-state index in [4.69, 9.17) is 21.3 Å². The number of hydrogen-bond acceptors (Lipinski definition) is 4. The third-order valence-electron chi connectivity index (χ3n) is 2.26. The van der Waals surface area contributed by atoms with Gasteiger partial charge in [0.1, 0.15) is 0 Å². The minimum absolute atomic E-state index is 0.299. The lowest BCUT2D eigenvalue weighted by molar-refractivity contribution is -0.172. The van der Waals surface area contributed by atoms with Crippen LogP contribution < -0.4 is 5.43 Å². The van der Waals surface area contributed by atoms with Crippen LogP contribution in [0.2, 0.25) is 0 Å². The maximum absolute atomic E-state index is 11.9. The van der Waals surface area contributed by atoms with Crippen molar-refractivity contribution in [2.24, 2.45) is 0 Å². The number of hydrazine groups is 1. The molecular weight excluding hydrogens is 284 g/mol. The highest BCUT2D eigenvalue weighted by Gasteiger charge is 2.23. The van der Waals surface area contributed by atoms with Gasteiger partial charge in [-0.3, -0.25) is 9.59 Å². The van der Waals surface area contributed by atoms with Crippen molar-refractivity contribution in [3.05, 3.63) is 35.9 Å². The Hall–Kier alpha value is -1.63. The van der Waals surface area contributed by atoms with Crippen molar-refractivity contribution < 1.29 is 19.1 Å². The number of nitrogens with one attached hydrogen (secondary N) is 1. The molecule has 20 heavy (non-hydrogen) atoms. The summed E-state index contributed by atoms with van der Waals surface area (Å²) in [6.45, 7) is 4.06. The summed E-state index contributed by atoms with van der Waals surface area (Å²) in [6, 6.07) is 8.35. The van der Waals surface area contributed by atoms with Gasteiger partial charge in [0.15, 0.2) is 0 Å². The lowest BCUT2D eigenvalue weighted by atomic mass is 10.2. The van der Waals surface area contributed by atoms with E-state index in [9.17, 15) is 9.59 Å². The normalized spacial score (nSPS) is 10.4. The van der Waals surface area contributed by atoms with Crippen LogP contribution in [0.25, 0.3) is 0 Å². The Labute approximate surface area is 122 Å². The summed E-state index contributed by atoms with van der Waals surface area (Å²) in [7, 11) is 0. The van der Waals surface area contributed by atoms with Gasteiger partial charge in [0.25, 0.3) is 11.8 Å². The van der Waals surface area contributed by atoms with Crippen LogP contribution in [-0.4, -0.2) is 35.8 Å². The first kappa shape index (κ1) is 16.4. The van der Waals surface area contributed by atoms with Crippen molar-refractivity contribution in [3.8, 4) is 0 Å². The summed E-state index contributed by atoms with van der Waals surface area (Å²) in [5.74, 6) is -1.19. The standard InChI is InChI=1S/C13H17ClN2O4/c1-3-19-13(20-4-2)11(17)15-16(14)12(18)10-8-6-5-7-9-10/h5-9,13H,3-4H2,1-2H3,(H,15,17). The molecule has 0 aliphatic rings. The Morgan fingerprint density at radius 3 is 2.25 bits per heavy atom. The van der Waals surface area contributed by atoms with Crippen LogP contribution in [0.15, 0.2) is 30.3 Å². The summed E-state index contributed by atoms with van der Waals surface area (Å²) >= 11 is 5.75. The first-order valence-electron chi connectivity index (χ1n) is 6.19. The predicted molar refractivity (Wildman–Crippen MR) is 73.6 cm³/mol. The third kappa shape index (κ3) is 4.80. The molecule has 0 atom stereocenters. The molecule has 7 heteroatoms. The fourth-order valence-corrected chi connectivity index (χ4v) is 1.58. The van der Waals surface area contributed by atoms with Crippen LogP contribution in [-0.2, 0) is 14.3 Å². The second kappa shape index (κ2) is 8.52. The second-order valence-electron chi connectivity index (χ2n) is 3.67. The number of amides is 2. The van der Waals surface area contributed by atoms with Crippen LogP contribution in [0.1, 0.15) is 24.2 Å². The van der Waals surface area contributed by atoms with Gasteiger partial charge in [-0.2, -0.15) is 4.53 Å². The highest BCUT2D eigenvalue weighted by molar-refractivity contribution is 6.24. The Morgan fingerprint density at radius 2 is 1.75 bits per heavy atom. The summed E-state index contributed by atoms with van der Waals surface area (Å²) in [4.78, 5) is 23.7. The zero-order valence-corrected chi connectivity index (χ0v) is 12.1. The van der Waals surface area contributed by atoms with Crippen molar-refractivity contribution in [3.63, 3.8) is 0 Å². The molecule has 0 fully saturated rings. The molecule has 0 bridgehead atoms. The third-order valence-corrected chi connectivity index (χ3v) is 2.50. The fourth-order valence-electron chi connectivity index (χ4n) is 1.40. The van der Waals surface area contributed by atoms with Crippen molar-refractivity contribution in [2.45, 2.75) is 20.1 Å².